The van der Waals surface area contributed by atoms with Gasteiger partial charge in [-0.2, -0.15) is 0 Å². The summed E-state index contributed by atoms with van der Waals surface area (Å²) in [5, 5.41) is 7.08. The van der Waals surface area contributed by atoms with Gasteiger partial charge in [0.05, 0.1) is 6.54 Å². The molecule has 0 atom stereocenters. The molecule has 2 aromatic rings. The van der Waals surface area contributed by atoms with Gasteiger partial charge < -0.3 is 15.5 Å². The normalized spacial score (nSPS) is 15.5. The highest BCUT2D eigenvalue weighted by molar-refractivity contribution is 14.0. The van der Waals surface area contributed by atoms with Crippen molar-refractivity contribution in [2.75, 3.05) is 33.7 Å². The summed E-state index contributed by atoms with van der Waals surface area (Å²) >= 11 is 0. The molecule has 3 rings (SSSR count). The number of hydrogen-bond donors (Lipinski definition) is 2. The molecule has 1 aliphatic rings. The molecule has 0 aliphatic carbocycles. The summed E-state index contributed by atoms with van der Waals surface area (Å²) in [6.07, 6.45) is 2.30. The third kappa shape index (κ3) is 9.17. The summed E-state index contributed by atoms with van der Waals surface area (Å²) in [5.41, 5.74) is 3.98. The van der Waals surface area contributed by atoms with Crippen LogP contribution in [-0.2, 0) is 19.6 Å². The van der Waals surface area contributed by atoms with Gasteiger partial charge in [-0.3, -0.25) is 4.90 Å². The van der Waals surface area contributed by atoms with Crippen LogP contribution in [0, 0.1) is 0 Å². The molecule has 1 heterocycles. The van der Waals surface area contributed by atoms with Crippen LogP contribution in [0.15, 0.2) is 59.6 Å². The molecule has 0 aromatic heterocycles. The zero-order valence-corrected chi connectivity index (χ0v) is 21.5. The molecule has 0 radical (unpaired) electrons. The van der Waals surface area contributed by atoms with Gasteiger partial charge in [-0.25, -0.2) is 4.99 Å². The Bertz CT molecular complexity index is 786. The molecule has 1 saturated heterocycles. The molecule has 1 aliphatic heterocycles. The van der Waals surface area contributed by atoms with Crippen molar-refractivity contribution in [2.45, 2.75) is 45.4 Å². The van der Waals surface area contributed by atoms with E-state index in [2.05, 4.69) is 96.0 Å². The maximum Gasteiger partial charge on any atom is 0.191 e. The number of guanidine groups is 1. The van der Waals surface area contributed by atoms with E-state index < -0.39 is 0 Å². The molecule has 170 valence electrons. The summed E-state index contributed by atoms with van der Waals surface area (Å²) in [4.78, 5) is 9.59. The summed E-state index contributed by atoms with van der Waals surface area (Å²) in [7, 11) is 4.20. The lowest BCUT2D eigenvalue weighted by molar-refractivity contribution is 0.198. The van der Waals surface area contributed by atoms with E-state index in [1.807, 2.05) is 0 Å². The van der Waals surface area contributed by atoms with Crippen molar-refractivity contribution in [3.05, 3.63) is 71.3 Å². The molecule has 2 N–H and O–H groups in total. The number of aliphatic imine (C=N–C) groups is 1. The predicted molar refractivity (Wildman–Crippen MR) is 142 cm³/mol. The van der Waals surface area contributed by atoms with E-state index in [4.69, 9.17) is 4.99 Å². The van der Waals surface area contributed by atoms with Crippen molar-refractivity contribution in [1.29, 1.82) is 0 Å². The zero-order valence-electron chi connectivity index (χ0n) is 19.2. The third-order valence-electron chi connectivity index (χ3n) is 5.43. The number of hydrogen-bond acceptors (Lipinski definition) is 3. The minimum atomic E-state index is 0. The van der Waals surface area contributed by atoms with Gasteiger partial charge >= 0.3 is 0 Å². The molecule has 5 nitrogen and oxygen atoms in total. The van der Waals surface area contributed by atoms with Crippen molar-refractivity contribution in [1.82, 2.24) is 20.4 Å². The molecular weight excluding hydrogens is 497 g/mol. The van der Waals surface area contributed by atoms with Gasteiger partial charge in [0.1, 0.15) is 0 Å². The molecule has 31 heavy (non-hydrogen) atoms. The first-order valence-corrected chi connectivity index (χ1v) is 11.2. The lowest BCUT2D eigenvalue weighted by Gasteiger charge is -2.33. The number of nitrogens with zero attached hydrogens (tertiary/aromatic N) is 3. The topological polar surface area (TPSA) is 42.9 Å². The fraction of sp³-hybridized carbons (Fsp3) is 0.480. The molecule has 0 saturated carbocycles. The van der Waals surface area contributed by atoms with Crippen LogP contribution in [0.5, 0.6) is 0 Å². The Morgan fingerprint density at radius 2 is 1.68 bits per heavy atom. The van der Waals surface area contributed by atoms with Crippen LogP contribution in [0.2, 0.25) is 0 Å². The Hall–Kier alpha value is -1.64. The van der Waals surface area contributed by atoms with Crippen LogP contribution in [-0.4, -0.2) is 55.5 Å². The van der Waals surface area contributed by atoms with Gasteiger partial charge in [0, 0.05) is 38.8 Å². The second kappa shape index (κ2) is 13.7. The van der Waals surface area contributed by atoms with E-state index in [-0.39, 0.29) is 24.0 Å². The SMILES string of the molecule is CCNC(=NCc1cccc(CN(C)C)c1)NC1CCN(Cc2ccccc2)CC1.I. The predicted octanol–water partition coefficient (Wildman–Crippen LogP) is 4.09. The van der Waals surface area contributed by atoms with Gasteiger partial charge in [-0.15, -0.1) is 24.0 Å². The molecule has 0 amide bonds. The lowest BCUT2D eigenvalue weighted by Crippen LogP contribution is -2.48. The van der Waals surface area contributed by atoms with Gasteiger partial charge in [0.25, 0.3) is 0 Å². The summed E-state index contributed by atoms with van der Waals surface area (Å²) < 4.78 is 0. The zero-order chi connectivity index (χ0) is 21.2. The van der Waals surface area contributed by atoms with Crippen LogP contribution in [0.3, 0.4) is 0 Å². The quantitative estimate of drug-likeness (QED) is 0.304. The van der Waals surface area contributed by atoms with Crippen LogP contribution < -0.4 is 10.6 Å². The Morgan fingerprint density at radius 3 is 2.35 bits per heavy atom. The van der Waals surface area contributed by atoms with Crippen molar-refractivity contribution >= 4 is 29.9 Å². The fourth-order valence-corrected chi connectivity index (χ4v) is 3.95. The van der Waals surface area contributed by atoms with E-state index in [0.717, 1.165) is 51.5 Å². The first-order valence-electron chi connectivity index (χ1n) is 11.2. The van der Waals surface area contributed by atoms with Crippen LogP contribution in [0.4, 0.5) is 0 Å². The molecular formula is C25H38IN5. The standard InChI is InChI=1S/C25H37N5.HI/c1-4-26-25(27-18-22-11-8-12-23(17-22)19-29(2)3)28-24-13-15-30(16-14-24)20-21-9-6-5-7-10-21;/h5-12,17,24H,4,13-16,18-20H2,1-3H3,(H2,26,27,28);1H. The molecule has 1 fully saturated rings. The first kappa shape index (κ1) is 25.6. The van der Waals surface area contributed by atoms with Gasteiger partial charge in [0.15, 0.2) is 5.96 Å². The highest BCUT2D eigenvalue weighted by Gasteiger charge is 2.20. The second-order valence-electron chi connectivity index (χ2n) is 8.43. The molecule has 6 heteroatoms. The maximum atomic E-state index is 4.85. The van der Waals surface area contributed by atoms with Crippen LogP contribution in [0.25, 0.3) is 0 Å². The number of rotatable bonds is 8. The summed E-state index contributed by atoms with van der Waals surface area (Å²) in [6, 6.07) is 20.0. The highest BCUT2D eigenvalue weighted by Crippen LogP contribution is 2.14. The van der Waals surface area contributed by atoms with E-state index >= 15 is 0 Å². The number of piperidine rings is 1. The van der Waals surface area contributed by atoms with Gasteiger partial charge in [-0.1, -0.05) is 54.6 Å². The van der Waals surface area contributed by atoms with Crippen molar-refractivity contribution in [3.63, 3.8) is 0 Å². The average Bonchev–Trinajstić information content (AvgIpc) is 2.74. The maximum absolute atomic E-state index is 4.85. The van der Waals surface area contributed by atoms with Crippen LogP contribution in [0.1, 0.15) is 36.5 Å². The third-order valence-corrected chi connectivity index (χ3v) is 5.43. The van der Waals surface area contributed by atoms with E-state index in [0.29, 0.717) is 12.6 Å². The average molecular weight is 536 g/mol. The van der Waals surface area contributed by atoms with Crippen LogP contribution >= 0.6 is 24.0 Å². The van der Waals surface area contributed by atoms with E-state index in [1.165, 1.54) is 16.7 Å². The minimum absolute atomic E-state index is 0. The molecule has 0 bridgehead atoms. The Kier molecular flexibility index (Phi) is 11.3. The highest BCUT2D eigenvalue weighted by atomic mass is 127. The number of benzene rings is 2. The molecule has 2 aromatic carbocycles. The van der Waals surface area contributed by atoms with Crippen molar-refractivity contribution in [2.24, 2.45) is 4.99 Å². The number of nitrogens with one attached hydrogen (secondary N) is 2. The summed E-state index contributed by atoms with van der Waals surface area (Å²) in [5.74, 6) is 0.928. The second-order valence-corrected chi connectivity index (χ2v) is 8.43. The van der Waals surface area contributed by atoms with Crippen molar-refractivity contribution < 1.29 is 0 Å². The smallest absolute Gasteiger partial charge is 0.191 e. The Morgan fingerprint density at radius 1 is 1.00 bits per heavy atom. The Labute approximate surface area is 205 Å². The monoisotopic (exact) mass is 535 g/mol. The summed E-state index contributed by atoms with van der Waals surface area (Å²) in [6.45, 7) is 7.94. The minimum Gasteiger partial charge on any atom is -0.357 e. The van der Waals surface area contributed by atoms with Gasteiger partial charge in [0.2, 0.25) is 0 Å². The van der Waals surface area contributed by atoms with Crippen molar-refractivity contribution in [3.8, 4) is 0 Å². The largest absolute Gasteiger partial charge is 0.357 e. The molecule has 0 unspecified atom stereocenters. The van der Waals surface area contributed by atoms with E-state index in [9.17, 15) is 0 Å². The van der Waals surface area contributed by atoms with E-state index in [1.54, 1.807) is 0 Å². The number of halogens is 1. The first-order chi connectivity index (χ1) is 14.6. The lowest BCUT2D eigenvalue weighted by atomic mass is 10.0. The fourth-order valence-electron chi connectivity index (χ4n) is 3.95. The van der Waals surface area contributed by atoms with Gasteiger partial charge in [-0.05, 0) is 50.6 Å². The number of likely N-dealkylation sites (tertiary alicyclic amines) is 1. The molecule has 0 spiro atoms. The Balaban J connectivity index is 0.00000341.